The molecule has 0 saturated heterocycles. The first-order chi connectivity index (χ1) is 13.7. The zero-order valence-electron chi connectivity index (χ0n) is 16.7. The number of esters is 1. The van der Waals surface area contributed by atoms with Gasteiger partial charge >= 0.3 is 5.97 Å². The Hall–Kier alpha value is -2.80. The molecule has 29 heavy (non-hydrogen) atoms. The Labute approximate surface area is 173 Å². The molecule has 0 spiro atoms. The fourth-order valence-corrected chi connectivity index (χ4v) is 3.74. The van der Waals surface area contributed by atoms with Crippen LogP contribution in [0.3, 0.4) is 0 Å². The Morgan fingerprint density at radius 3 is 2.55 bits per heavy atom. The van der Waals surface area contributed by atoms with Crippen LogP contribution in [0.5, 0.6) is 11.5 Å². The zero-order chi connectivity index (χ0) is 21.3. The Kier molecular flexibility index (Phi) is 5.98. The third-order valence-corrected chi connectivity index (χ3v) is 5.00. The average molecular weight is 420 g/mol. The number of rotatable bonds is 6. The van der Waals surface area contributed by atoms with Gasteiger partial charge in [0.25, 0.3) is 0 Å². The van der Waals surface area contributed by atoms with Gasteiger partial charge in [0, 0.05) is 11.3 Å². The van der Waals surface area contributed by atoms with Crippen molar-refractivity contribution < 1.29 is 28.6 Å². The molecule has 7 nitrogen and oxygen atoms in total. The number of ether oxygens (including phenoxy) is 3. The van der Waals surface area contributed by atoms with Crippen molar-refractivity contribution >= 4 is 29.1 Å². The number of hydrogen-bond donors (Lipinski definition) is 1. The second kappa shape index (κ2) is 8.29. The summed E-state index contributed by atoms with van der Waals surface area (Å²) in [5.74, 6) is -0.171. The first-order valence-corrected chi connectivity index (χ1v) is 9.58. The number of halogens is 1. The number of ketones is 2. The molecule has 0 unspecified atom stereocenters. The molecule has 0 aliphatic carbocycles. The van der Waals surface area contributed by atoms with Crippen LogP contribution in [0.2, 0.25) is 5.02 Å². The van der Waals surface area contributed by atoms with Crippen LogP contribution in [0, 0.1) is 13.8 Å². The van der Waals surface area contributed by atoms with Crippen LogP contribution in [0.25, 0.3) is 0 Å². The van der Waals surface area contributed by atoms with E-state index in [1.165, 1.54) is 13.8 Å². The summed E-state index contributed by atoms with van der Waals surface area (Å²) in [4.78, 5) is 39.7. The van der Waals surface area contributed by atoms with E-state index in [1.807, 2.05) is 0 Å². The molecule has 3 rings (SSSR count). The van der Waals surface area contributed by atoms with Crippen molar-refractivity contribution in [3.8, 4) is 11.5 Å². The minimum atomic E-state index is -1.01. The summed E-state index contributed by atoms with van der Waals surface area (Å²) < 4.78 is 16.3. The van der Waals surface area contributed by atoms with Gasteiger partial charge < -0.3 is 19.2 Å². The maximum absolute atomic E-state index is 12.7. The highest BCUT2D eigenvalue weighted by Crippen LogP contribution is 2.38. The molecule has 1 aliphatic heterocycles. The number of benzene rings is 1. The van der Waals surface area contributed by atoms with E-state index >= 15 is 0 Å². The van der Waals surface area contributed by atoms with Crippen LogP contribution in [0.1, 0.15) is 51.5 Å². The fraction of sp³-hybridized carbons (Fsp3) is 0.381. The SMILES string of the molecule is CC(=O)c1c(C)[nH]c(C(=O)[C@@H](C)OC(=O)Cc2cc(Cl)c3c(c2)OCCO3)c1C. The van der Waals surface area contributed by atoms with Crippen molar-refractivity contribution in [2.45, 2.75) is 40.2 Å². The largest absolute Gasteiger partial charge is 0.486 e. The van der Waals surface area contributed by atoms with E-state index in [0.29, 0.717) is 52.1 Å². The Morgan fingerprint density at radius 1 is 1.21 bits per heavy atom. The normalized spacial score (nSPS) is 13.7. The molecule has 154 valence electrons. The number of carbonyl (C=O) groups excluding carboxylic acids is 3. The molecule has 1 aliphatic rings. The molecule has 0 saturated carbocycles. The van der Waals surface area contributed by atoms with Gasteiger partial charge in [0.2, 0.25) is 5.78 Å². The van der Waals surface area contributed by atoms with Crippen molar-refractivity contribution in [2.75, 3.05) is 13.2 Å². The lowest BCUT2D eigenvalue weighted by Crippen LogP contribution is -2.26. The van der Waals surface area contributed by atoms with Gasteiger partial charge in [0.15, 0.2) is 23.4 Å². The summed E-state index contributed by atoms with van der Waals surface area (Å²) in [6.07, 6.45) is -1.08. The lowest BCUT2D eigenvalue weighted by Gasteiger charge is -2.20. The number of aromatic nitrogens is 1. The first-order valence-electron chi connectivity index (χ1n) is 9.20. The van der Waals surface area contributed by atoms with E-state index in [4.69, 9.17) is 25.8 Å². The topological polar surface area (TPSA) is 94.7 Å². The predicted molar refractivity (Wildman–Crippen MR) is 106 cm³/mol. The molecule has 1 aromatic carbocycles. The van der Waals surface area contributed by atoms with Crippen LogP contribution in [-0.2, 0) is 16.0 Å². The van der Waals surface area contributed by atoms with Gasteiger partial charge in [-0.05, 0) is 51.0 Å². The summed E-state index contributed by atoms with van der Waals surface area (Å²) in [7, 11) is 0. The van der Waals surface area contributed by atoms with Gasteiger partial charge in [-0.15, -0.1) is 0 Å². The molecule has 0 fully saturated rings. The number of fused-ring (bicyclic) bond motifs is 1. The number of H-pyrrole nitrogens is 1. The minimum Gasteiger partial charge on any atom is -0.486 e. The molecule has 2 aromatic rings. The molecule has 1 atom stereocenters. The van der Waals surface area contributed by atoms with Crippen molar-refractivity contribution in [1.82, 2.24) is 4.98 Å². The smallest absolute Gasteiger partial charge is 0.310 e. The van der Waals surface area contributed by atoms with E-state index in [1.54, 1.807) is 26.0 Å². The maximum atomic E-state index is 12.7. The summed E-state index contributed by atoms with van der Waals surface area (Å²) in [6, 6.07) is 3.28. The van der Waals surface area contributed by atoms with E-state index in [2.05, 4.69) is 4.98 Å². The molecule has 1 aromatic heterocycles. The number of hydrogen-bond acceptors (Lipinski definition) is 6. The molecule has 0 radical (unpaired) electrons. The number of carbonyl (C=O) groups is 3. The molecular formula is C21H22ClNO6. The maximum Gasteiger partial charge on any atom is 0.310 e. The zero-order valence-corrected chi connectivity index (χ0v) is 17.4. The molecule has 2 heterocycles. The van der Waals surface area contributed by atoms with Crippen molar-refractivity contribution in [1.29, 1.82) is 0 Å². The summed E-state index contributed by atoms with van der Waals surface area (Å²) in [6.45, 7) is 7.18. The molecule has 1 N–H and O–H groups in total. The van der Waals surface area contributed by atoms with Gasteiger partial charge in [-0.1, -0.05) is 11.6 Å². The predicted octanol–water partition coefficient (Wildman–Crippen LogP) is 3.62. The van der Waals surface area contributed by atoms with Crippen molar-refractivity contribution in [3.63, 3.8) is 0 Å². The lowest BCUT2D eigenvalue weighted by molar-refractivity contribution is -0.145. The fourth-order valence-electron chi connectivity index (χ4n) is 3.45. The first kappa shape index (κ1) is 20.9. The van der Waals surface area contributed by atoms with Crippen LogP contribution < -0.4 is 9.47 Å². The van der Waals surface area contributed by atoms with Crippen molar-refractivity contribution in [2.24, 2.45) is 0 Å². The number of Topliss-reactive ketones (excluding diaryl/α,β-unsaturated/α-hetero) is 2. The quantitative estimate of drug-likeness (QED) is 0.567. The van der Waals surface area contributed by atoms with Gasteiger partial charge in [-0.25, -0.2) is 0 Å². The van der Waals surface area contributed by atoms with E-state index in [0.717, 1.165) is 0 Å². The third kappa shape index (κ3) is 4.29. The molecule has 0 amide bonds. The van der Waals surface area contributed by atoms with Crippen LogP contribution in [0.4, 0.5) is 0 Å². The summed E-state index contributed by atoms with van der Waals surface area (Å²) in [5, 5.41) is 0.350. The Balaban J connectivity index is 1.70. The number of aryl methyl sites for hydroxylation is 1. The number of aromatic amines is 1. The molecule has 0 bridgehead atoms. The highest BCUT2D eigenvalue weighted by atomic mass is 35.5. The summed E-state index contributed by atoms with van der Waals surface area (Å²) >= 11 is 6.18. The van der Waals surface area contributed by atoms with Crippen LogP contribution in [-0.4, -0.2) is 41.8 Å². The van der Waals surface area contributed by atoms with Gasteiger partial charge in [0.1, 0.15) is 13.2 Å². The molecular weight excluding hydrogens is 398 g/mol. The van der Waals surface area contributed by atoms with Crippen molar-refractivity contribution in [3.05, 3.63) is 45.2 Å². The standard InChI is InChI=1S/C21H22ClNO6/c1-10-18(12(3)24)11(2)23-19(10)20(26)13(4)29-17(25)9-14-7-15(22)21-16(8-14)27-5-6-28-21/h7-8,13,23H,5-6,9H2,1-4H3/t13-/m1/s1. The highest BCUT2D eigenvalue weighted by molar-refractivity contribution is 6.32. The Bertz CT molecular complexity index is 994. The third-order valence-electron chi connectivity index (χ3n) is 4.72. The van der Waals surface area contributed by atoms with Gasteiger partial charge in [0.05, 0.1) is 17.1 Å². The highest BCUT2D eigenvalue weighted by Gasteiger charge is 2.26. The second-order valence-corrected chi connectivity index (χ2v) is 7.36. The van der Waals surface area contributed by atoms with Crippen LogP contribution in [0.15, 0.2) is 12.1 Å². The second-order valence-electron chi connectivity index (χ2n) is 6.96. The summed E-state index contributed by atoms with van der Waals surface area (Å²) in [5.41, 5.74) is 2.52. The van der Waals surface area contributed by atoms with E-state index in [9.17, 15) is 14.4 Å². The molecule has 8 heteroatoms. The Morgan fingerprint density at radius 2 is 1.90 bits per heavy atom. The van der Waals surface area contributed by atoms with Gasteiger partial charge in [-0.3, -0.25) is 14.4 Å². The lowest BCUT2D eigenvalue weighted by atomic mass is 10.0. The number of nitrogens with one attached hydrogen (secondary N) is 1. The monoisotopic (exact) mass is 419 g/mol. The van der Waals surface area contributed by atoms with Crippen LogP contribution >= 0.6 is 11.6 Å². The van der Waals surface area contributed by atoms with E-state index in [-0.39, 0.29) is 17.9 Å². The average Bonchev–Trinajstić information content (AvgIpc) is 2.95. The van der Waals surface area contributed by atoms with Gasteiger partial charge in [-0.2, -0.15) is 0 Å². The van der Waals surface area contributed by atoms with E-state index < -0.39 is 17.9 Å². The minimum absolute atomic E-state index is 0.0740.